The Balaban J connectivity index is 2.82. The largest absolute Gasteiger partial charge is 0.392 e. The smallest absolute Gasteiger partial charge is 0.0738 e. The number of aromatic nitrogens is 2. The van der Waals surface area contributed by atoms with E-state index in [2.05, 4.69) is 28.0 Å². The predicted octanol–water partition coefficient (Wildman–Crippen LogP) is 2.24. The van der Waals surface area contributed by atoms with Crippen LogP contribution in [0, 0.1) is 6.92 Å². The standard InChI is InChI=1S/C10H17BrN2OS/c1-4-13-9(5-8(14)6-15-3)10(11)7(2)12-13/h8,14H,4-6H2,1-3H3. The Hall–Kier alpha value is -0.0000000000000000555. The van der Waals surface area contributed by atoms with Gasteiger partial charge in [0, 0.05) is 18.7 Å². The fraction of sp³-hybridized carbons (Fsp3) is 0.700. The molecule has 15 heavy (non-hydrogen) atoms. The van der Waals surface area contributed by atoms with Gasteiger partial charge in [0.15, 0.2) is 0 Å². The molecule has 0 aliphatic rings. The molecule has 86 valence electrons. The monoisotopic (exact) mass is 292 g/mol. The summed E-state index contributed by atoms with van der Waals surface area (Å²) in [5, 5.41) is 14.2. The van der Waals surface area contributed by atoms with Crippen molar-refractivity contribution in [3.63, 3.8) is 0 Å². The molecule has 0 spiro atoms. The Morgan fingerprint density at radius 1 is 1.60 bits per heavy atom. The quantitative estimate of drug-likeness (QED) is 0.905. The van der Waals surface area contributed by atoms with Crippen LogP contribution in [0.1, 0.15) is 18.3 Å². The van der Waals surface area contributed by atoms with Crippen molar-refractivity contribution in [1.29, 1.82) is 0 Å². The van der Waals surface area contributed by atoms with Gasteiger partial charge in [0.25, 0.3) is 0 Å². The number of hydrogen-bond donors (Lipinski definition) is 1. The molecule has 1 rings (SSSR count). The van der Waals surface area contributed by atoms with Crippen LogP contribution in [0.25, 0.3) is 0 Å². The Kier molecular flexibility index (Phi) is 5.15. The molecule has 1 aromatic rings. The summed E-state index contributed by atoms with van der Waals surface area (Å²) in [7, 11) is 0. The van der Waals surface area contributed by atoms with Gasteiger partial charge in [0.1, 0.15) is 0 Å². The maximum absolute atomic E-state index is 9.77. The first kappa shape index (κ1) is 13.1. The number of nitrogens with zero attached hydrogens (tertiary/aromatic N) is 2. The molecule has 3 nitrogen and oxygen atoms in total. The zero-order valence-corrected chi connectivity index (χ0v) is 11.7. The predicted molar refractivity (Wildman–Crippen MR) is 68.4 cm³/mol. The highest BCUT2D eigenvalue weighted by Gasteiger charge is 2.15. The van der Waals surface area contributed by atoms with Crippen LogP contribution in [0.5, 0.6) is 0 Å². The lowest BCUT2D eigenvalue weighted by Crippen LogP contribution is -2.16. The fourth-order valence-electron chi connectivity index (χ4n) is 1.54. The number of halogens is 1. The van der Waals surface area contributed by atoms with Crippen LogP contribution in [0.4, 0.5) is 0 Å². The van der Waals surface area contributed by atoms with Crippen LogP contribution in [0.15, 0.2) is 4.47 Å². The highest BCUT2D eigenvalue weighted by Crippen LogP contribution is 2.22. The van der Waals surface area contributed by atoms with Gasteiger partial charge in [-0.1, -0.05) is 0 Å². The molecule has 1 heterocycles. The molecule has 0 aliphatic heterocycles. The van der Waals surface area contributed by atoms with Crippen molar-refractivity contribution in [1.82, 2.24) is 9.78 Å². The lowest BCUT2D eigenvalue weighted by Gasteiger charge is -2.10. The molecule has 0 saturated heterocycles. The maximum atomic E-state index is 9.77. The zero-order valence-electron chi connectivity index (χ0n) is 9.33. The van der Waals surface area contributed by atoms with Crippen molar-refractivity contribution in [2.45, 2.75) is 32.9 Å². The van der Waals surface area contributed by atoms with Gasteiger partial charge in [-0.25, -0.2) is 0 Å². The summed E-state index contributed by atoms with van der Waals surface area (Å²) < 4.78 is 2.98. The topological polar surface area (TPSA) is 38.0 Å². The van der Waals surface area contributed by atoms with E-state index in [1.165, 1.54) is 0 Å². The van der Waals surface area contributed by atoms with E-state index in [0.29, 0.717) is 6.42 Å². The molecule has 1 atom stereocenters. The van der Waals surface area contributed by atoms with Crippen molar-refractivity contribution < 1.29 is 5.11 Å². The third-order valence-electron chi connectivity index (χ3n) is 2.24. The maximum Gasteiger partial charge on any atom is 0.0738 e. The number of thioether (sulfide) groups is 1. The number of rotatable bonds is 5. The second kappa shape index (κ2) is 5.92. The van der Waals surface area contributed by atoms with Gasteiger partial charge < -0.3 is 5.11 Å². The first-order valence-electron chi connectivity index (χ1n) is 4.98. The van der Waals surface area contributed by atoms with E-state index in [1.807, 2.05) is 17.9 Å². The molecular weight excluding hydrogens is 276 g/mol. The molecule has 0 radical (unpaired) electrons. The summed E-state index contributed by atoms with van der Waals surface area (Å²) in [5.41, 5.74) is 2.08. The molecule has 0 aliphatic carbocycles. The van der Waals surface area contributed by atoms with Gasteiger partial charge in [-0.3, -0.25) is 4.68 Å². The molecular formula is C10H17BrN2OS. The summed E-state index contributed by atoms with van der Waals surface area (Å²) in [6.45, 7) is 4.87. The zero-order chi connectivity index (χ0) is 11.4. The summed E-state index contributed by atoms with van der Waals surface area (Å²) in [6, 6.07) is 0. The fourth-order valence-corrected chi connectivity index (χ4v) is 2.49. The number of hydrogen-bond acceptors (Lipinski definition) is 3. The lowest BCUT2D eigenvalue weighted by molar-refractivity contribution is 0.197. The van der Waals surface area contributed by atoms with Crippen molar-refractivity contribution in [2.24, 2.45) is 0 Å². The molecule has 0 amide bonds. The van der Waals surface area contributed by atoms with Gasteiger partial charge in [-0.15, -0.1) is 0 Å². The van der Waals surface area contributed by atoms with E-state index in [1.54, 1.807) is 11.8 Å². The van der Waals surface area contributed by atoms with Crippen molar-refractivity contribution in [2.75, 3.05) is 12.0 Å². The van der Waals surface area contributed by atoms with Gasteiger partial charge in [0.05, 0.1) is 22.0 Å². The van der Waals surface area contributed by atoms with Crippen molar-refractivity contribution in [3.05, 3.63) is 15.9 Å². The van der Waals surface area contributed by atoms with Gasteiger partial charge in [-0.2, -0.15) is 16.9 Å². The lowest BCUT2D eigenvalue weighted by atomic mass is 10.2. The highest BCUT2D eigenvalue weighted by molar-refractivity contribution is 9.10. The molecule has 1 unspecified atom stereocenters. The Labute approximate surface area is 103 Å². The van der Waals surface area contributed by atoms with E-state index in [0.717, 1.165) is 28.2 Å². The minimum Gasteiger partial charge on any atom is -0.392 e. The highest BCUT2D eigenvalue weighted by atomic mass is 79.9. The van der Waals surface area contributed by atoms with Gasteiger partial charge in [0.2, 0.25) is 0 Å². The Morgan fingerprint density at radius 2 is 2.27 bits per heavy atom. The third kappa shape index (κ3) is 3.23. The summed E-state index contributed by atoms with van der Waals surface area (Å²) >= 11 is 5.18. The van der Waals surface area contributed by atoms with Crippen LogP contribution in [-0.4, -0.2) is 33.0 Å². The normalized spacial score (nSPS) is 13.1. The molecule has 0 bridgehead atoms. The SMILES string of the molecule is CCn1nc(C)c(Br)c1CC(O)CSC. The van der Waals surface area contributed by atoms with Crippen molar-refractivity contribution in [3.8, 4) is 0 Å². The van der Waals surface area contributed by atoms with E-state index < -0.39 is 0 Å². The second-order valence-corrected chi connectivity index (χ2v) is 5.18. The van der Waals surface area contributed by atoms with Crippen LogP contribution in [0.2, 0.25) is 0 Å². The van der Waals surface area contributed by atoms with Gasteiger partial charge >= 0.3 is 0 Å². The molecule has 0 fully saturated rings. The van der Waals surface area contributed by atoms with Crippen LogP contribution in [-0.2, 0) is 13.0 Å². The van der Waals surface area contributed by atoms with Gasteiger partial charge in [-0.05, 0) is 36.0 Å². The number of aliphatic hydroxyl groups excluding tert-OH is 1. The van der Waals surface area contributed by atoms with E-state index in [9.17, 15) is 5.11 Å². The summed E-state index contributed by atoms with van der Waals surface area (Å²) in [6.07, 6.45) is 2.37. The first-order chi connectivity index (χ1) is 7.10. The molecule has 5 heteroatoms. The Morgan fingerprint density at radius 3 is 2.80 bits per heavy atom. The summed E-state index contributed by atoms with van der Waals surface area (Å²) in [4.78, 5) is 0. The van der Waals surface area contributed by atoms with E-state index >= 15 is 0 Å². The molecule has 0 aromatic carbocycles. The van der Waals surface area contributed by atoms with Crippen LogP contribution < -0.4 is 0 Å². The molecule has 0 saturated carbocycles. The number of aryl methyl sites for hydroxylation is 2. The first-order valence-corrected chi connectivity index (χ1v) is 7.17. The minimum absolute atomic E-state index is 0.294. The average molecular weight is 293 g/mol. The van der Waals surface area contributed by atoms with Crippen LogP contribution in [0.3, 0.4) is 0 Å². The third-order valence-corrected chi connectivity index (χ3v) is 3.99. The molecule has 1 aromatic heterocycles. The number of aliphatic hydroxyl groups is 1. The summed E-state index contributed by atoms with van der Waals surface area (Å²) in [5.74, 6) is 0.764. The van der Waals surface area contributed by atoms with E-state index in [-0.39, 0.29) is 6.10 Å². The second-order valence-electron chi connectivity index (χ2n) is 3.48. The molecule has 1 N–H and O–H groups in total. The Bertz CT molecular complexity index is 327. The van der Waals surface area contributed by atoms with Crippen LogP contribution >= 0.6 is 27.7 Å². The van der Waals surface area contributed by atoms with Crippen molar-refractivity contribution >= 4 is 27.7 Å². The van der Waals surface area contributed by atoms with E-state index in [4.69, 9.17) is 0 Å². The minimum atomic E-state index is -0.294. The average Bonchev–Trinajstić information content (AvgIpc) is 2.46.